The zero-order valence-corrected chi connectivity index (χ0v) is 16.4. The molecule has 27 heavy (non-hydrogen) atoms. The molecule has 7 heteroatoms. The molecular formula is C20H23N5OS. The molecule has 0 saturated carbocycles. The zero-order valence-electron chi connectivity index (χ0n) is 15.6. The number of nitrogens with one attached hydrogen (secondary N) is 1. The quantitative estimate of drug-likeness (QED) is 0.749. The summed E-state index contributed by atoms with van der Waals surface area (Å²) in [5.41, 5.74) is 2.91. The molecule has 0 aliphatic carbocycles. The van der Waals surface area contributed by atoms with Crippen LogP contribution >= 0.6 is 11.3 Å². The van der Waals surface area contributed by atoms with E-state index in [9.17, 15) is 4.79 Å². The lowest BCUT2D eigenvalue weighted by molar-refractivity contribution is -0.126. The summed E-state index contributed by atoms with van der Waals surface area (Å²) in [6.07, 6.45) is 5.28. The molecule has 3 aromatic heterocycles. The van der Waals surface area contributed by atoms with Gasteiger partial charge in [0, 0.05) is 43.0 Å². The van der Waals surface area contributed by atoms with Gasteiger partial charge in [0.05, 0.1) is 5.69 Å². The van der Waals surface area contributed by atoms with Crippen LogP contribution in [0.2, 0.25) is 0 Å². The van der Waals surface area contributed by atoms with Crippen molar-refractivity contribution >= 4 is 32.7 Å². The van der Waals surface area contributed by atoms with E-state index >= 15 is 0 Å². The van der Waals surface area contributed by atoms with Gasteiger partial charge in [-0.15, -0.1) is 0 Å². The third kappa shape index (κ3) is 3.93. The highest BCUT2D eigenvalue weighted by Gasteiger charge is 2.26. The summed E-state index contributed by atoms with van der Waals surface area (Å²) in [4.78, 5) is 29.0. The number of thiazole rings is 1. The highest BCUT2D eigenvalue weighted by atomic mass is 32.1. The monoisotopic (exact) mass is 381 g/mol. The van der Waals surface area contributed by atoms with Crippen LogP contribution in [-0.4, -0.2) is 40.0 Å². The first-order valence-corrected chi connectivity index (χ1v) is 10.1. The van der Waals surface area contributed by atoms with Crippen molar-refractivity contribution in [3.63, 3.8) is 0 Å². The standard InChI is InChI=1S/C20H23N5OS/c1-13(2)22-18(26)15-7-11-25(12-8-15)20-24-17-4-3-16(23-19(17)27-20)14-5-9-21-10-6-14/h3-6,9-10,13,15H,7-8,11-12H2,1-2H3,(H,22,26). The second kappa shape index (κ2) is 7.60. The van der Waals surface area contributed by atoms with Crippen molar-refractivity contribution in [3.8, 4) is 11.3 Å². The maximum Gasteiger partial charge on any atom is 0.223 e. The van der Waals surface area contributed by atoms with E-state index in [0.717, 1.165) is 52.7 Å². The minimum Gasteiger partial charge on any atom is -0.354 e. The maximum absolute atomic E-state index is 12.2. The van der Waals surface area contributed by atoms with Crippen LogP contribution in [0.25, 0.3) is 21.6 Å². The highest BCUT2D eigenvalue weighted by Crippen LogP contribution is 2.32. The van der Waals surface area contributed by atoms with E-state index in [1.165, 1.54) is 0 Å². The largest absolute Gasteiger partial charge is 0.354 e. The molecule has 1 amide bonds. The first-order valence-electron chi connectivity index (χ1n) is 9.33. The summed E-state index contributed by atoms with van der Waals surface area (Å²) in [6, 6.07) is 8.15. The second-order valence-corrected chi connectivity index (χ2v) is 8.13. The van der Waals surface area contributed by atoms with Crippen molar-refractivity contribution < 1.29 is 4.79 Å². The maximum atomic E-state index is 12.2. The van der Waals surface area contributed by atoms with Gasteiger partial charge >= 0.3 is 0 Å². The molecule has 0 bridgehead atoms. The Balaban J connectivity index is 1.48. The lowest BCUT2D eigenvalue weighted by Gasteiger charge is -2.31. The van der Waals surface area contributed by atoms with Gasteiger partial charge in [-0.05, 0) is 51.0 Å². The number of fused-ring (bicyclic) bond motifs is 1. The molecule has 3 aromatic rings. The molecule has 1 fully saturated rings. The first kappa shape index (κ1) is 17.9. The normalized spacial score (nSPS) is 15.4. The van der Waals surface area contributed by atoms with E-state index in [0.29, 0.717) is 0 Å². The van der Waals surface area contributed by atoms with Gasteiger partial charge in [-0.3, -0.25) is 9.78 Å². The number of pyridine rings is 2. The highest BCUT2D eigenvalue weighted by molar-refractivity contribution is 7.21. The third-order valence-corrected chi connectivity index (χ3v) is 5.81. The molecule has 4 rings (SSSR count). The minimum absolute atomic E-state index is 0.106. The average molecular weight is 382 g/mol. The molecule has 0 aromatic carbocycles. The van der Waals surface area contributed by atoms with Crippen molar-refractivity contribution in [1.82, 2.24) is 20.3 Å². The Bertz CT molecular complexity index is 932. The Morgan fingerprint density at radius 1 is 1.15 bits per heavy atom. The first-order chi connectivity index (χ1) is 13.1. The summed E-state index contributed by atoms with van der Waals surface area (Å²) in [5.74, 6) is 0.284. The van der Waals surface area contributed by atoms with Crippen LogP contribution < -0.4 is 10.2 Å². The smallest absolute Gasteiger partial charge is 0.223 e. The van der Waals surface area contributed by atoms with E-state index < -0.39 is 0 Å². The summed E-state index contributed by atoms with van der Waals surface area (Å²) in [5, 5.41) is 4.02. The van der Waals surface area contributed by atoms with Crippen LogP contribution in [0.4, 0.5) is 5.13 Å². The number of anilines is 1. The lowest BCUT2D eigenvalue weighted by Crippen LogP contribution is -2.42. The van der Waals surface area contributed by atoms with Gasteiger partial charge in [-0.1, -0.05) is 11.3 Å². The molecule has 6 nitrogen and oxygen atoms in total. The Labute approximate surface area is 162 Å². The third-order valence-electron chi connectivity index (χ3n) is 4.79. The fourth-order valence-electron chi connectivity index (χ4n) is 3.36. The van der Waals surface area contributed by atoms with Crippen molar-refractivity contribution in [3.05, 3.63) is 36.7 Å². The topological polar surface area (TPSA) is 71.0 Å². The van der Waals surface area contributed by atoms with Crippen molar-refractivity contribution in [1.29, 1.82) is 0 Å². The van der Waals surface area contributed by atoms with Crippen molar-refractivity contribution in [2.24, 2.45) is 5.92 Å². The van der Waals surface area contributed by atoms with Crippen LogP contribution in [0.3, 0.4) is 0 Å². The molecule has 0 unspecified atom stereocenters. The predicted octanol–water partition coefficient (Wildman–Crippen LogP) is 3.49. The van der Waals surface area contributed by atoms with E-state index in [2.05, 4.69) is 15.2 Å². The summed E-state index contributed by atoms with van der Waals surface area (Å²) >= 11 is 1.62. The minimum atomic E-state index is 0.106. The summed E-state index contributed by atoms with van der Waals surface area (Å²) in [6.45, 7) is 5.71. The Kier molecular flexibility index (Phi) is 5.03. The fourth-order valence-corrected chi connectivity index (χ4v) is 4.35. The number of nitrogens with zero attached hydrogens (tertiary/aromatic N) is 4. The molecule has 0 radical (unpaired) electrons. The number of piperidine rings is 1. The molecule has 1 N–H and O–H groups in total. The lowest BCUT2D eigenvalue weighted by atomic mass is 9.96. The van der Waals surface area contributed by atoms with Gasteiger partial charge in [0.25, 0.3) is 0 Å². The van der Waals surface area contributed by atoms with Gasteiger partial charge in [0.2, 0.25) is 5.91 Å². The van der Waals surface area contributed by atoms with Gasteiger partial charge in [-0.2, -0.15) is 0 Å². The van der Waals surface area contributed by atoms with Gasteiger partial charge in [0.15, 0.2) is 5.13 Å². The summed E-state index contributed by atoms with van der Waals surface area (Å²) < 4.78 is 0. The number of amides is 1. The Morgan fingerprint density at radius 2 is 1.89 bits per heavy atom. The number of hydrogen-bond acceptors (Lipinski definition) is 6. The number of hydrogen-bond donors (Lipinski definition) is 1. The van der Waals surface area contributed by atoms with Crippen LogP contribution in [0, 0.1) is 5.92 Å². The molecule has 1 aliphatic rings. The number of carbonyl (C=O) groups is 1. The Hall–Kier alpha value is -2.54. The fraction of sp³-hybridized carbons (Fsp3) is 0.400. The number of aromatic nitrogens is 3. The van der Waals surface area contributed by atoms with E-state index in [1.54, 1.807) is 23.7 Å². The van der Waals surface area contributed by atoms with Crippen LogP contribution in [0.15, 0.2) is 36.7 Å². The predicted molar refractivity (Wildman–Crippen MR) is 109 cm³/mol. The molecule has 4 heterocycles. The summed E-state index contributed by atoms with van der Waals surface area (Å²) in [7, 11) is 0. The molecule has 1 aliphatic heterocycles. The van der Waals surface area contributed by atoms with Crippen molar-refractivity contribution in [2.75, 3.05) is 18.0 Å². The van der Waals surface area contributed by atoms with Crippen LogP contribution in [-0.2, 0) is 4.79 Å². The molecule has 0 atom stereocenters. The van der Waals surface area contributed by atoms with Crippen molar-refractivity contribution in [2.45, 2.75) is 32.7 Å². The van der Waals surface area contributed by atoms with E-state index in [1.807, 2.05) is 38.1 Å². The SMILES string of the molecule is CC(C)NC(=O)C1CCN(c2nc3ccc(-c4ccncc4)nc3s2)CC1. The molecule has 1 saturated heterocycles. The van der Waals surface area contributed by atoms with Crippen LogP contribution in [0.1, 0.15) is 26.7 Å². The molecule has 140 valence electrons. The van der Waals surface area contributed by atoms with Gasteiger partial charge in [-0.25, -0.2) is 9.97 Å². The van der Waals surface area contributed by atoms with Gasteiger partial charge < -0.3 is 10.2 Å². The second-order valence-electron chi connectivity index (χ2n) is 7.18. The zero-order chi connectivity index (χ0) is 18.8. The van der Waals surface area contributed by atoms with Crippen LogP contribution in [0.5, 0.6) is 0 Å². The Morgan fingerprint density at radius 3 is 2.59 bits per heavy atom. The van der Waals surface area contributed by atoms with E-state index in [4.69, 9.17) is 9.97 Å². The van der Waals surface area contributed by atoms with E-state index in [-0.39, 0.29) is 17.9 Å². The van der Waals surface area contributed by atoms with Gasteiger partial charge in [0.1, 0.15) is 10.3 Å². The molecular weight excluding hydrogens is 358 g/mol. The average Bonchev–Trinajstić information content (AvgIpc) is 3.11. The number of rotatable bonds is 4. The molecule has 0 spiro atoms. The number of carbonyl (C=O) groups excluding carboxylic acids is 1.